The number of carbonyl (C=O) groups is 2. The van der Waals surface area contributed by atoms with Crippen LogP contribution >= 0.6 is 11.5 Å². The summed E-state index contributed by atoms with van der Waals surface area (Å²) in [6, 6.07) is 9.87. The zero-order chi connectivity index (χ0) is 19.4. The van der Waals surface area contributed by atoms with Crippen LogP contribution in [0.15, 0.2) is 30.3 Å². The topological polar surface area (TPSA) is 86.6 Å². The number of hydrogen-bond acceptors (Lipinski definition) is 6. The Morgan fingerprint density at radius 2 is 1.78 bits per heavy atom. The predicted molar refractivity (Wildman–Crippen MR) is 105 cm³/mol. The van der Waals surface area contributed by atoms with Crippen molar-refractivity contribution in [3.8, 4) is 11.4 Å². The van der Waals surface area contributed by atoms with E-state index in [-0.39, 0.29) is 18.7 Å². The minimum Gasteiger partial charge on any atom is -0.481 e. The van der Waals surface area contributed by atoms with Gasteiger partial charge in [0.15, 0.2) is 5.82 Å². The molecule has 1 aliphatic rings. The Kier molecular flexibility index (Phi) is 5.74. The van der Waals surface area contributed by atoms with E-state index in [1.807, 2.05) is 49.1 Å². The number of anilines is 1. The Balaban J connectivity index is 1.55. The Bertz CT molecular complexity index is 798. The summed E-state index contributed by atoms with van der Waals surface area (Å²) in [5.41, 5.74) is 0.457. The lowest BCUT2D eigenvalue weighted by Gasteiger charge is -2.36. The molecule has 2 aromatic rings. The van der Waals surface area contributed by atoms with E-state index in [2.05, 4.69) is 14.3 Å². The molecule has 0 spiro atoms. The van der Waals surface area contributed by atoms with E-state index in [9.17, 15) is 9.59 Å². The van der Waals surface area contributed by atoms with Gasteiger partial charge in [0.1, 0.15) is 0 Å². The largest absolute Gasteiger partial charge is 0.481 e. The average molecular weight is 388 g/mol. The van der Waals surface area contributed by atoms with Gasteiger partial charge in [-0.3, -0.25) is 9.59 Å². The number of aliphatic carboxylic acids is 1. The molecule has 1 N–H and O–H groups in total. The fourth-order valence-corrected chi connectivity index (χ4v) is 3.93. The van der Waals surface area contributed by atoms with Crippen LogP contribution in [0.5, 0.6) is 0 Å². The van der Waals surface area contributed by atoms with E-state index in [1.165, 1.54) is 11.5 Å². The maximum Gasteiger partial charge on any atom is 0.303 e. The van der Waals surface area contributed by atoms with Gasteiger partial charge in [-0.05, 0) is 5.41 Å². The van der Waals surface area contributed by atoms with Gasteiger partial charge in [0.05, 0.1) is 6.42 Å². The number of aromatic nitrogens is 2. The predicted octanol–water partition coefficient (Wildman–Crippen LogP) is 2.74. The highest BCUT2D eigenvalue weighted by Gasteiger charge is 2.30. The minimum atomic E-state index is -0.872. The van der Waals surface area contributed by atoms with Crippen LogP contribution in [0.4, 0.5) is 5.13 Å². The molecule has 0 unspecified atom stereocenters. The number of amides is 1. The Morgan fingerprint density at radius 1 is 1.11 bits per heavy atom. The minimum absolute atomic E-state index is 0.00818. The lowest BCUT2D eigenvalue weighted by molar-refractivity contribution is -0.140. The van der Waals surface area contributed by atoms with Crippen molar-refractivity contribution >= 4 is 28.5 Å². The number of rotatable bonds is 6. The number of piperazine rings is 1. The van der Waals surface area contributed by atoms with Crippen molar-refractivity contribution < 1.29 is 14.7 Å². The molecule has 0 aliphatic carbocycles. The van der Waals surface area contributed by atoms with Crippen LogP contribution in [0.2, 0.25) is 0 Å². The SMILES string of the molecule is CC(C)(CC(=O)O)CC(=O)N1CCN(c2nc(-c3ccccc3)ns2)CC1. The molecule has 1 aromatic heterocycles. The molecule has 1 saturated heterocycles. The third-order valence-corrected chi connectivity index (χ3v) is 5.39. The molecule has 144 valence electrons. The first kappa shape index (κ1) is 19.3. The number of carbonyl (C=O) groups excluding carboxylic acids is 1. The van der Waals surface area contributed by atoms with Gasteiger partial charge >= 0.3 is 5.97 Å². The van der Waals surface area contributed by atoms with Crippen molar-refractivity contribution in [2.75, 3.05) is 31.1 Å². The third-order valence-electron chi connectivity index (χ3n) is 4.61. The molecule has 0 saturated carbocycles. The fourth-order valence-electron chi connectivity index (χ4n) is 3.19. The van der Waals surface area contributed by atoms with E-state index in [0.717, 1.165) is 16.5 Å². The Morgan fingerprint density at radius 3 is 2.41 bits per heavy atom. The van der Waals surface area contributed by atoms with Crippen LogP contribution in [0.3, 0.4) is 0 Å². The van der Waals surface area contributed by atoms with Crippen molar-refractivity contribution in [3.05, 3.63) is 30.3 Å². The molecule has 1 amide bonds. The van der Waals surface area contributed by atoms with Crippen molar-refractivity contribution in [3.63, 3.8) is 0 Å². The molecule has 2 heterocycles. The van der Waals surface area contributed by atoms with Crippen LogP contribution in [0, 0.1) is 5.41 Å². The summed E-state index contributed by atoms with van der Waals surface area (Å²) in [7, 11) is 0. The third kappa shape index (κ3) is 5.03. The van der Waals surface area contributed by atoms with Gasteiger partial charge in [0.25, 0.3) is 0 Å². The summed E-state index contributed by atoms with van der Waals surface area (Å²) in [5.74, 6) is -0.129. The number of carboxylic acid groups (broad SMARTS) is 1. The smallest absolute Gasteiger partial charge is 0.303 e. The lowest BCUT2D eigenvalue weighted by Crippen LogP contribution is -2.49. The average Bonchev–Trinajstić information content (AvgIpc) is 3.11. The van der Waals surface area contributed by atoms with Crippen molar-refractivity contribution in [1.29, 1.82) is 0 Å². The number of hydrogen-bond donors (Lipinski definition) is 1. The maximum atomic E-state index is 12.5. The number of carboxylic acids is 1. The molecular formula is C19H24N4O3S. The highest BCUT2D eigenvalue weighted by molar-refractivity contribution is 7.09. The molecule has 1 aliphatic heterocycles. The highest BCUT2D eigenvalue weighted by atomic mass is 32.1. The second-order valence-electron chi connectivity index (χ2n) is 7.55. The van der Waals surface area contributed by atoms with E-state index in [4.69, 9.17) is 5.11 Å². The summed E-state index contributed by atoms with van der Waals surface area (Å²) in [5, 5.41) is 9.84. The molecule has 8 heteroatoms. The summed E-state index contributed by atoms with van der Waals surface area (Å²) in [6.45, 7) is 6.27. The monoisotopic (exact) mass is 388 g/mol. The molecule has 7 nitrogen and oxygen atoms in total. The Labute approximate surface area is 162 Å². The van der Waals surface area contributed by atoms with Gasteiger partial charge < -0.3 is 14.9 Å². The van der Waals surface area contributed by atoms with Gasteiger partial charge in [-0.15, -0.1) is 0 Å². The summed E-state index contributed by atoms with van der Waals surface area (Å²) >= 11 is 1.37. The maximum absolute atomic E-state index is 12.5. The molecule has 1 aromatic carbocycles. The van der Waals surface area contributed by atoms with Gasteiger partial charge in [-0.25, -0.2) is 0 Å². The van der Waals surface area contributed by atoms with Crippen LogP contribution in [-0.4, -0.2) is 57.4 Å². The molecule has 1 fully saturated rings. The quantitative estimate of drug-likeness (QED) is 0.819. The van der Waals surface area contributed by atoms with Crippen LogP contribution in [-0.2, 0) is 9.59 Å². The van der Waals surface area contributed by atoms with Gasteiger partial charge in [-0.2, -0.15) is 9.36 Å². The molecule has 0 atom stereocenters. The normalized spacial score (nSPS) is 15.0. The van der Waals surface area contributed by atoms with Crippen LogP contribution in [0.25, 0.3) is 11.4 Å². The molecular weight excluding hydrogens is 364 g/mol. The first-order valence-corrected chi connectivity index (χ1v) is 9.75. The highest BCUT2D eigenvalue weighted by Crippen LogP contribution is 2.28. The van der Waals surface area contributed by atoms with Crippen molar-refractivity contribution in [2.24, 2.45) is 5.41 Å². The van der Waals surface area contributed by atoms with E-state index < -0.39 is 11.4 Å². The fraction of sp³-hybridized carbons (Fsp3) is 0.474. The number of nitrogens with zero attached hydrogens (tertiary/aromatic N) is 4. The molecule has 0 bridgehead atoms. The van der Waals surface area contributed by atoms with Crippen molar-refractivity contribution in [1.82, 2.24) is 14.3 Å². The lowest BCUT2D eigenvalue weighted by atomic mass is 9.85. The first-order chi connectivity index (χ1) is 12.8. The summed E-state index contributed by atoms with van der Waals surface area (Å²) in [4.78, 5) is 32.0. The van der Waals surface area contributed by atoms with Gasteiger partial charge in [0.2, 0.25) is 11.0 Å². The van der Waals surface area contributed by atoms with Crippen LogP contribution < -0.4 is 4.90 Å². The van der Waals surface area contributed by atoms with Gasteiger partial charge in [0, 0.05) is 49.7 Å². The summed E-state index contributed by atoms with van der Waals surface area (Å²) in [6.07, 6.45) is 0.238. The van der Waals surface area contributed by atoms with E-state index in [0.29, 0.717) is 26.2 Å². The molecule has 27 heavy (non-hydrogen) atoms. The van der Waals surface area contributed by atoms with Crippen LogP contribution in [0.1, 0.15) is 26.7 Å². The zero-order valence-electron chi connectivity index (χ0n) is 15.6. The second-order valence-corrected chi connectivity index (χ2v) is 8.28. The molecule has 0 radical (unpaired) electrons. The summed E-state index contributed by atoms with van der Waals surface area (Å²) < 4.78 is 4.44. The van der Waals surface area contributed by atoms with E-state index >= 15 is 0 Å². The first-order valence-electron chi connectivity index (χ1n) is 8.98. The van der Waals surface area contributed by atoms with E-state index in [1.54, 1.807) is 0 Å². The van der Waals surface area contributed by atoms with Gasteiger partial charge in [-0.1, -0.05) is 44.2 Å². The standard InChI is InChI=1S/C19H24N4O3S/c1-19(2,13-16(25)26)12-15(24)22-8-10-23(11-9-22)18-20-17(21-27-18)14-6-4-3-5-7-14/h3-7H,8-13H2,1-2H3,(H,25,26). The second kappa shape index (κ2) is 8.04. The Hall–Kier alpha value is -2.48. The van der Waals surface area contributed by atoms with Crippen molar-refractivity contribution in [2.45, 2.75) is 26.7 Å². The zero-order valence-corrected chi connectivity index (χ0v) is 16.4. The number of benzene rings is 1. The molecule has 3 rings (SSSR count).